The fourth-order valence-electron chi connectivity index (χ4n) is 4.07. The van der Waals surface area contributed by atoms with E-state index < -0.39 is 15.2 Å². The highest BCUT2D eigenvalue weighted by atomic mass is 31.2. The number of amides is 2. The van der Waals surface area contributed by atoms with Crippen molar-refractivity contribution >= 4 is 49.0 Å². The number of hydrogen-bond acceptors (Lipinski definition) is 6. The van der Waals surface area contributed by atoms with Gasteiger partial charge in [0.05, 0.1) is 23.8 Å². The minimum atomic E-state index is -4.28. The minimum absolute atomic E-state index is 0.0541. The Morgan fingerprint density at radius 3 is 1.32 bits per heavy atom. The number of carbonyl (C=O) groups excluding carboxylic acids is 2. The van der Waals surface area contributed by atoms with Crippen LogP contribution in [0, 0.1) is 0 Å². The van der Waals surface area contributed by atoms with Crippen LogP contribution in [0.4, 0.5) is 11.4 Å². The Morgan fingerprint density at radius 1 is 0.625 bits per heavy atom. The van der Waals surface area contributed by atoms with Crippen molar-refractivity contribution in [2.75, 3.05) is 23.8 Å². The molecule has 0 fully saturated rings. The van der Waals surface area contributed by atoms with E-state index in [1.807, 2.05) is 0 Å². The van der Waals surface area contributed by atoms with Crippen molar-refractivity contribution in [2.45, 2.75) is 78.1 Å². The SMILES string of the molecule is CCOP(=O)(OCC)c1ccc(NC(=O)CCCCCCCCCCC(=O)Nc2ccc(P(=O)(O)O)cc2)cc1. The van der Waals surface area contributed by atoms with E-state index >= 15 is 0 Å². The maximum Gasteiger partial charge on any atom is 0.361 e. The molecular formula is C28H42N2O8P2. The summed E-state index contributed by atoms with van der Waals surface area (Å²) in [6.45, 7) is 4.07. The van der Waals surface area contributed by atoms with Gasteiger partial charge in [0.25, 0.3) is 0 Å². The lowest BCUT2D eigenvalue weighted by Gasteiger charge is -2.17. The number of nitrogens with one attached hydrogen (secondary N) is 2. The van der Waals surface area contributed by atoms with Crippen molar-refractivity contribution in [3.8, 4) is 0 Å². The van der Waals surface area contributed by atoms with Crippen molar-refractivity contribution in [2.24, 2.45) is 0 Å². The van der Waals surface area contributed by atoms with Crippen LogP contribution in [0.5, 0.6) is 0 Å². The Morgan fingerprint density at radius 2 is 0.975 bits per heavy atom. The van der Waals surface area contributed by atoms with Crippen LogP contribution in [0.1, 0.15) is 78.1 Å². The van der Waals surface area contributed by atoms with Gasteiger partial charge in [0.15, 0.2) is 0 Å². The fourth-order valence-corrected chi connectivity index (χ4v) is 6.18. The second kappa shape index (κ2) is 17.5. The van der Waals surface area contributed by atoms with Gasteiger partial charge in [-0.05, 0) is 75.2 Å². The number of unbranched alkanes of at least 4 members (excludes halogenated alkanes) is 7. The molecule has 0 radical (unpaired) electrons. The average molecular weight is 597 g/mol. The third kappa shape index (κ3) is 12.5. The molecule has 40 heavy (non-hydrogen) atoms. The molecule has 0 aromatic heterocycles. The number of rotatable bonds is 19. The van der Waals surface area contributed by atoms with Gasteiger partial charge in [-0.3, -0.25) is 18.7 Å². The molecule has 0 aliphatic rings. The van der Waals surface area contributed by atoms with Crippen LogP contribution in [0.25, 0.3) is 0 Å². The lowest BCUT2D eigenvalue weighted by atomic mass is 10.1. The molecule has 2 amide bonds. The largest absolute Gasteiger partial charge is 0.361 e. The monoisotopic (exact) mass is 596 g/mol. The number of hydrogen-bond donors (Lipinski definition) is 4. The van der Waals surface area contributed by atoms with Gasteiger partial charge >= 0.3 is 15.2 Å². The summed E-state index contributed by atoms with van der Waals surface area (Å²) in [6.07, 6.45) is 8.62. The van der Waals surface area contributed by atoms with Crippen LogP contribution in [0.15, 0.2) is 48.5 Å². The van der Waals surface area contributed by atoms with E-state index in [0.717, 1.165) is 51.4 Å². The number of anilines is 2. The summed E-state index contributed by atoms with van der Waals surface area (Å²) in [7, 11) is -7.62. The summed E-state index contributed by atoms with van der Waals surface area (Å²) in [6, 6.07) is 12.3. The Kier molecular flexibility index (Phi) is 14.8. The Hall–Kier alpha value is -2.32. The summed E-state index contributed by atoms with van der Waals surface area (Å²) < 4.78 is 34.7. The van der Waals surface area contributed by atoms with Gasteiger partial charge in [-0.15, -0.1) is 0 Å². The smallest absolute Gasteiger partial charge is 0.326 e. The molecule has 10 nitrogen and oxygen atoms in total. The van der Waals surface area contributed by atoms with Crippen LogP contribution in [0.2, 0.25) is 0 Å². The molecule has 0 bridgehead atoms. The van der Waals surface area contributed by atoms with E-state index in [1.165, 1.54) is 24.3 Å². The summed E-state index contributed by atoms with van der Waals surface area (Å²) in [5.74, 6) is -0.171. The van der Waals surface area contributed by atoms with Gasteiger partial charge in [0.1, 0.15) is 0 Å². The van der Waals surface area contributed by atoms with E-state index in [0.29, 0.717) is 29.5 Å². The molecule has 4 N–H and O–H groups in total. The Bertz CT molecular complexity index is 1140. The van der Waals surface area contributed by atoms with Crippen LogP contribution < -0.4 is 21.2 Å². The maximum absolute atomic E-state index is 12.8. The van der Waals surface area contributed by atoms with Crippen LogP contribution in [-0.4, -0.2) is 34.8 Å². The second-order valence-corrected chi connectivity index (χ2v) is 13.0. The van der Waals surface area contributed by atoms with Crippen LogP contribution >= 0.6 is 15.2 Å². The third-order valence-corrected chi connectivity index (χ3v) is 9.21. The van der Waals surface area contributed by atoms with E-state index in [-0.39, 0.29) is 30.3 Å². The second-order valence-electron chi connectivity index (χ2n) is 9.40. The number of carbonyl (C=O) groups is 2. The molecule has 0 heterocycles. The van der Waals surface area contributed by atoms with Crippen LogP contribution in [0.3, 0.4) is 0 Å². The average Bonchev–Trinajstić information content (AvgIpc) is 2.90. The van der Waals surface area contributed by atoms with Gasteiger partial charge in [-0.25, -0.2) is 0 Å². The third-order valence-electron chi connectivity index (χ3n) is 6.11. The van der Waals surface area contributed by atoms with Crippen molar-refractivity contribution in [1.29, 1.82) is 0 Å². The first-order valence-electron chi connectivity index (χ1n) is 13.8. The molecule has 2 aromatic rings. The van der Waals surface area contributed by atoms with Gasteiger partial charge in [0, 0.05) is 24.2 Å². The maximum atomic E-state index is 12.8. The Labute approximate surface area is 236 Å². The molecule has 0 unspecified atom stereocenters. The van der Waals surface area contributed by atoms with Gasteiger partial charge < -0.3 is 29.5 Å². The summed E-state index contributed by atoms with van der Waals surface area (Å²) >= 11 is 0. The first-order chi connectivity index (χ1) is 19.1. The van der Waals surface area contributed by atoms with E-state index in [9.17, 15) is 18.7 Å². The molecule has 0 atom stereocenters. The highest BCUT2D eigenvalue weighted by Gasteiger charge is 2.26. The lowest BCUT2D eigenvalue weighted by Crippen LogP contribution is -2.13. The van der Waals surface area contributed by atoms with E-state index in [1.54, 1.807) is 38.1 Å². The van der Waals surface area contributed by atoms with Gasteiger partial charge in [0.2, 0.25) is 11.8 Å². The molecule has 2 aromatic carbocycles. The first-order valence-corrected chi connectivity index (χ1v) is 17.0. The summed E-state index contributed by atoms with van der Waals surface area (Å²) in [4.78, 5) is 42.6. The normalized spacial score (nSPS) is 11.8. The molecule has 0 saturated heterocycles. The molecule has 12 heteroatoms. The minimum Gasteiger partial charge on any atom is -0.326 e. The fraction of sp³-hybridized carbons (Fsp3) is 0.500. The molecule has 0 aliphatic carbocycles. The van der Waals surface area contributed by atoms with E-state index in [4.69, 9.17) is 18.8 Å². The van der Waals surface area contributed by atoms with Crippen LogP contribution in [-0.2, 0) is 27.8 Å². The number of benzene rings is 2. The summed E-state index contributed by atoms with van der Waals surface area (Å²) in [5, 5.41) is 6.00. The molecule has 2 rings (SSSR count). The predicted octanol–water partition coefficient (Wildman–Crippen LogP) is 5.86. The van der Waals surface area contributed by atoms with E-state index in [2.05, 4.69) is 10.6 Å². The zero-order valence-corrected chi connectivity index (χ0v) is 25.1. The van der Waals surface area contributed by atoms with Gasteiger partial charge in [-0.2, -0.15) is 0 Å². The molecule has 222 valence electrons. The summed E-state index contributed by atoms with van der Waals surface area (Å²) in [5.41, 5.74) is 1.15. The topological polar surface area (TPSA) is 151 Å². The Balaban J connectivity index is 1.51. The van der Waals surface area contributed by atoms with Crippen molar-refractivity contribution in [1.82, 2.24) is 0 Å². The highest BCUT2D eigenvalue weighted by Crippen LogP contribution is 2.46. The quantitative estimate of drug-likeness (QED) is 0.116. The zero-order valence-electron chi connectivity index (χ0n) is 23.3. The first kappa shape index (κ1) is 33.9. The molecule has 0 saturated carbocycles. The van der Waals surface area contributed by atoms with Crippen molar-refractivity contribution in [3.05, 3.63) is 48.5 Å². The lowest BCUT2D eigenvalue weighted by molar-refractivity contribution is -0.117. The molecular weight excluding hydrogens is 554 g/mol. The predicted molar refractivity (Wildman–Crippen MR) is 158 cm³/mol. The molecule has 0 aliphatic heterocycles. The highest BCUT2D eigenvalue weighted by molar-refractivity contribution is 7.62. The molecule has 0 spiro atoms. The van der Waals surface area contributed by atoms with Crippen molar-refractivity contribution < 1.29 is 37.6 Å². The van der Waals surface area contributed by atoms with Crippen molar-refractivity contribution in [3.63, 3.8) is 0 Å². The van der Waals surface area contributed by atoms with Gasteiger partial charge in [-0.1, -0.05) is 38.5 Å². The standard InChI is InChI=1S/C28H42N2O8P2/c1-3-37-40(36,38-4-2)26-21-17-24(18-22-26)30-28(32)14-12-10-8-6-5-7-9-11-13-27(31)29-23-15-19-25(20-16-23)39(33,34)35/h15-22H,3-14H2,1-2H3,(H,29,31)(H,30,32)(H2,33,34,35). The zero-order chi connectivity index (χ0) is 29.4.